The second-order valence-corrected chi connectivity index (χ2v) is 4.76. The minimum Gasteiger partial charge on any atom is -0.389 e. The summed E-state index contributed by atoms with van der Waals surface area (Å²) in [4.78, 5) is 10.5. The number of primary amides is 1. The van der Waals surface area contributed by atoms with Crippen molar-refractivity contribution in [1.82, 2.24) is 5.32 Å². The second-order valence-electron chi connectivity index (χ2n) is 4.76. The molecular formula is C12H24N2O3. The molecule has 1 amide bonds. The summed E-state index contributed by atoms with van der Waals surface area (Å²) in [6, 6.07) is 0. The monoisotopic (exact) mass is 244 g/mol. The van der Waals surface area contributed by atoms with E-state index in [9.17, 15) is 9.90 Å². The van der Waals surface area contributed by atoms with Crippen molar-refractivity contribution in [1.29, 1.82) is 0 Å². The highest BCUT2D eigenvalue weighted by molar-refractivity contribution is 5.73. The number of nitrogens with two attached hydrogens (primary N) is 1. The summed E-state index contributed by atoms with van der Waals surface area (Å²) in [6.45, 7) is 2.54. The Morgan fingerprint density at radius 3 is 2.88 bits per heavy atom. The van der Waals surface area contributed by atoms with E-state index in [2.05, 4.69) is 5.32 Å². The summed E-state index contributed by atoms with van der Waals surface area (Å²) in [7, 11) is 0. The number of aliphatic hydroxyl groups excluding tert-OH is 1. The molecule has 5 heteroatoms. The van der Waals surface area contributed by atoms with Crippen LogP contribution in [0.4, 0.5) is 0 Å². The average molecular weight is 244 g/mol. The van der Waals surface area contributed by atoms with E-state index in [0.29, 0.717) is 19.6 Å². The highest BCUT2D eigenvalue weighted by Gasteiger charge is 2.21. The molecule has 0 aromatic carbocycles. The fourth-order valence-corrected chi connectivity index (χ4v) is 1.53. The minimum absolute atomic E-state index is 0.251. The first kappa shape index (κ1) is 14.4. The third-order valence-electron chi connectivity index (χ3n) is 2.77. The number of nitrogens with one attached hydrogen (secondary N) is 1. The maximum absolute atomic E-state index is 10.5. The van der Waals surface area contributed by atoms with Crippen LogP contribution in [-0.4, -0.2) is 43.4 Å². The van der Waals surface area contributed by atoms with Gasteiger partial charge in [0.05, 0.1) is 12.7 Å². The highest BCUT2D eigenvalue weighted by Crippen LogP contribution is 2.28. The van der Waals surface area contributed by atoms with Crippen LogP contribution in [-0.2, 0) is 9.53 Å². The molecule has 0 radical (unpaired) electrons. The number of amides is 1. The Morgan fingerprint density at radius 2 is 2.24 bits per heavy atom. The van der Waals surface area contributed by atoms with Crippen molar-refractivity contribution < 1.29 is 14.6 Å². The standard InChI is InChI=1S/C12H24N2O3/c13-12(16)3-1-2-6-14-7-11(15)9-17-8-10-4-5-10/h10-11,14-15H,1-9H2,(H2,13,16). The van der Waals surface area contributed by atoms with Crippen LogP contribution < -0.4 is 11.1 Å². The largest absolute Gasteiger partial charge is 0.389 e. The Labute approximate surface area is 103 Å². The van der Waals surface area contributed by atoms with Crippen LogP contribution in [0.2, 0.25) is 0 Å². The lowest BCUT2D eigenvalue weighted by Gasteiger charge is -2.12. The van der Waals surface area contributed by atoms with Gasteiger partial charge in [0.25, 0.3) is 0 Å². The lowest BCUT2D eigenvalue weighted by atomic mass is 10.2. The molecule has 1 fully saturated rings. The van der Waals surface area contributed by atoms with E-state index in [-0.39, 0.29) is 5.91 Å². The molecule has 0 bridgehead atoms. The van der Waals surface area contributed by atoms with Crippen molar-refractivity contribution in [3.8, 4) is 0 Å². The molecule has 0 heterocycles. The molecule has 1 rings (SSSR count). The molecule has 1 aliphatic rings. The molecule has 0 saturated heterocycles. The van der Waals surface area contributed by atoms with Crippen LogP contribution >= 0.6 is 0 Å². The number of hydrogen-bond donors (Lipinski definition) is 3. The molecule has 0 aliphatic heterocycles. The molecule has 1 aliphatic carbocycles. The fourth-order valence-electron chi connectivity index (χ4n) is 1.53. The van der Waals surface area contributed by atoms with Crippen molar-refractivity contribution in [2.24, 2.45) is 11.7 Å². The fraction of sp³-hybridized carbons (Fsp3) is 0.917. The summed E-state index contributed by atoms with van der Waals surface area (Å²) in [5.41, 5.74) is 5.02. The van der Waals surface area contributed by atoms with Crippen molar-refractivity contribution in [2.75, 3.05) is 26.3 Å². The van der Waals surface area contributed by atoms with Gasteiger partial charge < -0.3 is 20.9 Å². The van der Waals surface area contributed by atoms with Gasteiger partial charge in [-0.15, -0.1) is 0 Å². The zero-order valence-corrected chi connectivity index (χ0v) is 10.4. The number of hydrogen-bond acceptors (Lipinski definition) is 4. The third kappa shape index (κ3) is 9.09. The van der Waals surface area contributed by atoms with Gasteiger partial charge in [0.2, 0.25) is 5.91 Å². The normalized spacial score (nSPS) is 17.0. The van der Waals surface area contributed by atoms with Gasteiger partial charge in [-0.1, -0.05) is 0 Å². The van der Waals surface area contributed by atoms with E-state index >= 15 is 0 Å². The first-order valence-electron chi connectivity index (χ1n) is 6.43. The van der Waals surface area contributed by atoms with Crippen molar-refractivity contribution >= 4 is 5.91 Å². The molecule has 100 valence electrons. The molecule has 17 heavy (non-hydrogen) atoms. The van der Waals surface area contributed by atoms with Crippen molar-refractivity contribution in [3.63, 3.8) is 0 Å². The lowest BCUT2D eigenvalue weighted by Crippen LogP contribution is -2.31. The molecule has 0 aromatic rings. The van der Waals surface area contributed by atoms with Gasteiger partial charge in [0.15, 0.2) is 0 Å². The summed E-state index contributed by atoms with van der Waals surface area (Å²) in [5, 5.41) is 12.7. The molecule has 0 aromatic heterocycles. The topological polar surface area (TPSA) is 84.6 Å². The van der Waals surface area contributed by atoms with E-state index in [1.165, 1.54) is 12.8 Å². The Kier molecular flexibility index (Phi) is 7.16. The Bertz CT molecular complexity index is 220. The van der Waals surface area contributed by atoms with Gasteiger partial charge in [-0.3, -0.25) is 4.79 Å². The van der Waals surface area contributed by atoms with E-state index < -0.39 is 6.10 Å². The van der Waals surface area contributed by atoms with E-state index in [1.807, 2.05) is 0 Å². The van der Waals surface area contributed by atoms with Crippen LogP contribution in [0.15, 0.2) is 0 Å². The summed E-state index contributed by atoms with van der Waals surface area (Å²) >= 11 is 0. The molecule has 1 unspecified atom stereocenters. The summed E-state index contributed by atoms with van der Waals surface area (Å²) in [5.74, 6) is 0.488. The number of ether oxygens (including phenoxy) is 1. The molecule has 5 nitrogen and oxygen atoms in total. The predicted octanol–water partition coefficient (Wildman–Crippen LogP) is 0.0191. The molecular weight excluding hydrogens is 220 g/mol. The van der Waals surface area contributed by atoms with Crippen LogP contribution in [0.25, 0.3) is 0 Å². The quantitative estimate of drug-likeness (QED) is 0.447. The number of rotatable bonds is 11. The van der Waals surface area contributed by atoms with Crippen molar-refractivity contribution in [3.05, 3.63) is 0 Å². The van der Waals surface area contributed by atoms with Crippen LogP contribution in [0.3, 0.4) is 0 Å². The maximum Gasteiger partial charge on any atom is 0.217 e. The summed E-state index contributed by atoms with van der Waals surface area (Å²) in [6.07, 6.45) is 4.25. The SMILES string of the molecule is NC(=O)CCCCNCC(O)COCC1CC1. The van der Waals surface area contributed by atoms with E-state index in [4.69, 9.17) is 10.5 Å². The average Bonchev–Trinajstić information content (AvgIpc) is 3.06. The second kappa shape index (κ2) is 8.44. The first-order valence-corrected chi connectivity index (χ1v) is 6.43. The third-order valence-corrected chi connectivity index (χ3v) is 2.77. The van der Waals surface area contributed by atoms with Gasteiger partial charge in [-0.05, 0) is 38.1 Å². The zero-order valence-electron chi connectivity index (χ0n) is 10.4. The minimum atomic E-state index is -0.440. The Morgan fingerprint density at radius 1 is 1.47 bits per heavy atom. The molecule has 4 N–H and O–H groups in total. The first-order chi connectivity index (χ1) is 8.18. The number of carbonyl (C=O) groups is 1. The van der Waals surface area contributed by atoms with Gasteiger partial charge in [-0.25, -0.2) is 0 Å². The van der Waals surface area contributed by atoms with Gasteiger partial charge in [0, 0.05) is 19.6 Å². The van der Waals surface area contributed by atoms with E-state index in [0.717, 1.165) is 31.9 Å². The molecule has 1 atom stereocenters. The zero-order chi connectivity index (χ0) is 12.5. The summed E-state index contributed by atoms with van der Waals surface area (Å²) < 4.78 is 5.38. The van der Waals surface area contributed by atoms with Crippen LogP contribution in [0.1, 0.15) is 32.1 Å². The Hall–Kier alpha value is -0.650. The van der Waals surface area contributed by atoms with Crippen LogP contribution in [0, 0.1) is 5.92 Å². The lowest BCUT2D eigenvalue weighted by molar-refractivity contribution is -0.118. The van der Waals surface area contributed by atoms with E-state index in [1.54, 1.807) is 0 Å². The number of carbonyl (C=O) groups excluding carboxylic acids is 1. The smallest absolute Gasteiger partial charge is 0.217 e. The molecule has 0 spiro atoms. The van der Waals surface area contributed by atoms with Gasteiger partial charge in [-0.2, -0.15) is 0 Å². The highest BCUT2D eigenvalue weighted by atomic mass is 16.5. The van der Waals surface area contributed by atoms with Crippen molar-refractivity contribution in [2.45, 2.75) is 38.2 Å². The van der Waals surface area contributed by atoms with Crippen LogP contribution in [0.5, 0.6) is 0 Å². The Balaban J connectivity index is 1.78. The number of unbranched alkanes of at least 4 members (excludes halogenated alkanes) is 1. The predicted molar refractivity (Wildman–Crippen MR) is 65.5 cm³/mol. The van der Waals surface area contributed by atoms with Gasteiger partial charge in [0.1, 0.15) is 0 Å². The number of aliphatic hydroxyl groups is 1. The van der Waals surface area contributed by atoms with Gasteiger partial charge >= 0.3 is 0 Å². The molecule has 1 saturated carbocycles. The maximum atomic E-state index is 10.5.